The van der Waals surface area contributed by atoms with Gasteiger partial charge in [-0.3, -0.25) is 4.79 Å². The normalized spacial score (nSPS) is 26.0. The standard InChI is InChI=1S/C23H28N2OS/c1-22(2)13-19-14-23(3,15-22)16-25(19)21(26)17-9-11-20(12-10-17)27-24-18-7-5-4-6-8-18/h4-12,19,24H,13-16H2,1-3H3. The van der Waals surface area contributed by atoms with Crippen molar-refractivity contribution >= 4 is 23.5 Å². The molecular formula is C23H28N2OS. The van der Waals surface area contributed by atoms with Crippen molar-refractivity contribution in [2.45, 2.75) is 51.0 Å². The minimum atomic E-state index is 0.189. The lowest BCUT2D eigenvalue weighted by Gasteiger charge is -2.39. The van der Waals surface area contributed by atoms with Crippen LogP contribution in [0.1, 0.15) is 50.4 Å². The van der Waals surface area contributed by atoms with Crippen molar-refractivity contribution in [3.8, 4) is 0 Å². The maximum absolute atomic E-state index is 13.1. The molecule has 1 N–H and O–H groups in total. The monoisotopic (exact) mass is 380 g/mol. The summed E-state index contributed by atoms with van der Waals surface area (Å²) in [5.74, 6) is 0.189. The minimum Gasteiger partial charge on any atom is -0.335 e. The van der Waals surface area contributed by atoms with Crippen LogP contribution >= 0.6 is 11.9 Å². The van der Waals surface area contributed by atoms with Gasteiger partial charge in [0.05, 0.1) is 0 Å². The molecule has 2 aromatic rings. The fourth-order valence-corrected chi connectivity index (χ4v) is 5.80. The van der Waals surface area contributed by atoms with Crippen LogP contribution in [0.25, 0.3) is 0 Å². The van der Waals surface area contributed by atoms with Gasteiger partial charge in [-0.2, -0.15) is 0 Å². The van der Waals surface area contributed by atoms with Crippen molar-refractivity contribution in [3.63, 3.8) is 0 Å². The summed E-state index contributed by atoms with van der Waals surface area (Å²) in [7, 11) is 0. The van der Waals surface area contributed by atoms with Gasteiger partial charge in [0.15, 0.2) is 0 Å². The van der Waals surface area contributed by atoms with Crippen LogP contribution < -0.4 is 4.72 Å². The van der Waals surface area contributed by atoms with Gasteiger partial charge in [0.25, 0.3) is 5.91 Å². The molecule has 27 heavy (non-hydrogen) atoms. The number of nitrogens with one attached hydrogen (secondary N) is 1. The molecule has 2 bridgehead atoms. The Kier molecular flexibility index (Phi) is 4.71. The first kappa shape index (κ1) is 18.4. The number of carbonyl (C=O) groups excluding carboxylic acids is 1. The van der Waals surface area contributed by atoms with E-state index in [-0.39, 0.29) is 11.3 Å². The van der Waals surface area contributed by atoms with Crippen molar-refractivity contribution in [2.24, 2.45) is 10.8 Å². The maximum Gasteiger partial charge on any atom is 0.254 e. The van der Waals surface area contributed by atoms with E-state index in [0.717, 1.165) is 35.5 Å². The number of fused-ring (bicyclic) bond motifs is 2. The van der Waals surface area contributed by atoms with Crippen LogP contribution in [0, 0.1) is 10.8 Å². The summed E-state index contributed by atoms with van der Waals surface area (Å²) in [6, 6.07) is 18.5. The predicted octanol–water partition coefficient (Wildman–Crippen LogP) is 5.85. The summed E-state index contributed by atoms with van der Waals surface area (Å²) in [4.78, 5) is 16.4. The Morgan fingerprint density at radius 1 is 1.04 bits per heavy atom. The first-order valence-electron chi connectivity index (χ1n) is 9.73. The predicted molar refractivity (Wildman–Crippen MR) is 113 cm³/mol. The Bertz CT molecular complexity index is 818. The number of benzene rings is 2. The number of para-hydroxylation sites is 1. The topological polar surface area (TPSA) is 32.3 Å². The molecule has 3 nitrogen and oxygen atoms in total. The van der Waals surface area contributed by atoms with Crippen LogP contribution in [0.2, 0.25) is 0 Å². The number of anilines is 1. The number of hydrogen-bond donors (Lipinski definition) is 1. The molecule has 2 fully saturated rings. The molecule has 142 valence electrons. The maximum atomic E-state index is 13.1. The highest BCUT2D eigenvalue weighted by Crippen LogP contribution is 2.52. The first-order chi connectivity index (χ1) is 12.8. The van der Waals surface area contributed by atoms with Crippen LogP contribution in [-0.2, 0) is 0 Å². The molecule has 1 aliphatic heterocycles. The van der Waals surface area contributed by atoms with E-state index < -0.39 is 0 Å². The van der Waals surface area contributed by atoms with E-state index >= 15 is 0 Å². The molecule has 1 heterocycles. The van der Waals surface area contributed by atoms with Crippen LogP contribution in [-0.4, -0.2) is 23.4 Å². The van der Waals surface area contributed by atoms with E-state index in [0.29, 0.717) is 11.5 Å². The van der Waals surface area contributed by atoms with E-state index in [1.165, 1.54) is 6.42 Å². The van der Waals surface area contributed by atoms with E-state index in [9.17, 15) is 4.79 Å². The molecule has 0 radical (unpaired) electrons. The molecule has 1 saturated heterocycles. The van der Waals surface area contributed by atoms with Gasteiger partial charge in [-0.15, -0.1) is 0 Å². The molecule has 0 spiro atoms. The highest BCUT2D eigenvalue weighted by atomic mass is 32.2. The van der Waals surface area contributed by atoms with Gasteiger partial charge in [0, 0.05) is 28.7 Å². The molecule has 2 atom stereocenters. The fourth-order valence-electron chi connectivity index (χ4n) is 5.15. The summed E-state index contributed by atoms with van der Waals surface area (Å²) in [5.41, 5.74) is 2.48. The van der Waals surface area contributed by atoms with Crippen molar-refractivity contribution in [1.82, 2.24) is 4.90 Å². The Balaban J connectivity index is 1.42. The molecule has 0 aromatic heterocycles. The third kappa shape index (κ3) is 4.01. The van der Waals surface area contributed by atoms with Crippen molar-refractivity contribution in [3.05, 3.63) is 60.2 Å². The number of amides is 1. The third-order valence-electron chi connectivity index (χ3n) is 5.84. The number of rotatable bonds is 4. The number of carbonyl (C=O) groups is 1. The van der Waals surface area contributed by atoms with Crippen molar-refractivity contribution < 1.29 is 4.79 Å². The minimum absolute atomic E-state index is 0.189. The van der Waals surface area contributed by atoms with E-state index in [4.69, 9.17) is 0 Å². The first-order valence-corrected chi connectivity index (χ1v) is 10.5. The largest absolute Gasteiger partial charge is 0.335 e. The zero-order chi connectivity index (χ0) is 19.1. The number of hydrogen-bond acceptors (Lipinski definition) is 3. The van der Waals surface area contributed by atoms with Crippen LogP contribution in [0.5, 0.6) is 0 Å². The summed E-state index contributed by atoms with van der Waals surface area (Å²) in [5, 5.41) is 0. The second kappa shape index (κ2) is 6.90. The summed E-state index contributed by atoms with van der Waals surface area (Å²) >= 11 is 1.57. The third-order valence-corrected chi connectivity index (χ3v) is 6.68. The molecule has 1 amide bonds. The highest BCUT2D eigenvalue weighted by molar-refractivity contribution is 8.00. The zero-order valence-electron chi connectivity index (χ0n) is 16.4. The van der Waals surface area contributed by atoms with E-state index in [1.54, 1.807) is 11.9 Å². The molecular weight excluding hydrogens is 352 g/mol. The SMILES string of the molecule is CC1(C)CC2CC(C)(CN2C(=O)c2ccc(SNc3ccccc3)cc2)C1. The van der Waals surface area contributed by atoms with Crippen LogP contribution in [0.3, 0.4) is 0 Å². The highest BCUT2D eigenvalue weighted by Gasteiger charge is 2.50. The second-order valence-corrected chi connectivity index (χ2v) is 10.1. The molecule has 1 saturated carbocycles. The summed E-state index contributed by atoms with van der Waals surface area (Å²) in [6.45, 7) is 7.93. The van der Waals surface area contributed by atoms with Crippen LogP contribution in [0.4, 0.5) is 5.69 Å². The number of nitrogens with zero attached hydrogens (tertiary/aromatic N) is 1. The zero-order valence-corrected chi connectivity index (χ0v) is 17.2. The molecule has 2 aromatic carbocycles. The average Bonchev–Trinajstić information content (AvgIpc) is 2.89. The lowest BCUT2D eigenvalue weighted by atomic mass is 9.65. The van der Waals surface area contributed by atoms with E-state index in [2.05, 4.69) is 30.4 Å². The smallest absolute Gasteiger partial charge is 0.254 e. The molecule has 2 aliphatic rings. The molecule has 4 rings (SSSR count). The summed E-state index contributed by atoms with van der Waals surface area (Å²) < 4.78 is 3.33. The molecule has 1 aliphatic carbocycles. The van der Waals surface area contributed by atoms with Gasteiger partial charge < -0.3 is 9.62 Å². The molecule has 2 unspecified atom stereocenters. The Morgan fingerprint density at radius 2 is 1.74 bits per heavy atom. The van der Waals surface area contributed by atoms with Gasteiger partial charge in [-0.05, 0) is 78.4 Å². The van der Waals surface area contributed by atoms with Gasteiger partial charge in [-0.1, -0.05) is 39.0 Å². The summed E-state index contributed by atoms with van der Waals surface area (Å²) in [6.07, 6.45) is 3.47. The molecule has 4 heteroatoms. The number of likely N-dealkylation sites (tertiary alicyclic amines) is 1. The average molecular weight is 381 g/mol. The van der Waals surface area contributed by atoms with E-state index in [1.807, 2.05) is 54.6 Å². The van der Waals surface area contributed by atoms with Gasteiger partial charge in [-0.25, -0.2) is 0 Å². The Morgan fingerprint density at radius 3 is 2.44 bits per heavy atom. The lowest BCUT2D eigenvalue weighted by Crippen LogP contribution is -2.37. The van der Waals surface area contributed by atoms with Crippen molar-refractivity contribution in [2.75, 3.05) is 11.3 Å². The van der Waals surface area contributed by atoms with Gasteiger partial charge in [0.1, 0.15) is 0 Å². The second-order valence-electron chi connectivity index (χ2n) is 9.24. The van der Waals surface area contributed by atoms with Crippen LogP contribution in [0.15, 0.2) is 59.5 Å². The van der Waals surface area contributed by atoms with Gasteiger partial charge >= 0.3 is 0 Å². The van der Waals surface area contributed by atoms with Crippen molar-refractivity contribution in [1.29, 1.82) is 0 Å². The Labute approximate surface area is 166 Å². The van der Waals surface area contributed by atoms with Gasteiger partial charge in [0.2, 0.25) is 0 Å². The quantitative estimate of drug-likeness (QED) is 0.676. The Hall–Kier alpha value is -1.94. The lowest BCUT2D eigenvalue weighted by molar-refractivity contribution is 0.0708. The fraction of sp³-hybridized carbons (Fsp3) is 0.435.